The van der Waals surface area contributed by atoms with Crippen LogP contribution < -0.4 is 0 Å². The van der Waals surface area contributed by atoms with Gasteiger partial charge < -0.3 is 4.52 Å². The molecule has 0 saturated heterocycles. The van der Waals surface area contributed by atoms with Crippen molar-refractivity contribution in [3.63, 3.8) is 0 Å². The van der Waals surface area contributed by atoms with E-state index in [1.807, 2.05) is 31.2 Å². The van der Waals surface area contributed by atoms with Crippen LogP contribution in [0.3, 0.4) is 0 Å². The highest BCUT2D eigenvalue weighted by molar-refractivity contribution is 7.88. The van der Waals surface area contributed by atoms with Gasteiger partial charge in [0, 0.05) is 17.7 Å². The van der Waals surface area contributed by atoms with Crippen LogP contribution in [-0.2, 0) is 23.1 Å². The van der Waals surface area contributed by atoms with E-state index in [-0.39, 0.29) is 24.5 Å². The Hall–Kier alpha value is -2.58. The molecule has 6 nitrogen and oxygen atoms in total. The normalized spacial score (nSPS) is 11.8. The molecule has 0 unspecified atom stereocenters. The summed E-state index contributed by atoms with van der Waals surface area (Å²) in [6, 6.07) is 13.6. The molecular formula is C18H18FN3O3S. The van der Waals surface area contributed by atoms with E-state index in [1.54, 1.807) is 18.2 Å². The number of aryl methyl sites for hydroxylation is 1. The average molecular weight is 375 g/mol. The zero-order valence-corrected chi connectivity index (χ0v) is 15.2. The van der Waals surface area contributed by atoms with Gasteiger partial charge in [0.2, 0.25) is 21.7 Å². The van der Waals surface area contributed by atoms with Crippen LogP contribution >= 0.6 is 0 Å². The van der Waals surface area contributed by atoms with Crippen molar-refractivity contribution in [2.24, 2.45) is 0 Å². The Labute approximate surface area is 151 Å². The monoisotopic (exact) mass is 375 g/mol. The van der Waals surface area contributed by atoms with Crippen LogP contribution in [0.25, 0.3) is 11.4 Å². The second-order valence-corrected chi connectivity index (χ2v) is 7.98. The Morgan fingerprint density at radius 2 is 1.77 bits per heavy atom. The lowest BCUT2D eigenvalue weighted by Gasteiger charge is -2.18. The maximum absolute atomic E-state index is 13.9. The Morgan fingerprint density at radius 3 is 2.42 bits per heavy atom. The summed E-state index contributed by atoms with van der Waals surface area (Å²) in [5.74, 6) is 0.0497. The van der Waals surface area contributed by atoms with E-state index in [1.165, 1.54) is 6.07 Å². The molecule has 3 rings (SSSR count). The van der Waals surface area contributed by atoms with Crippen molar-refractivity contribution >= 4 is 10.0 Å². The van der Waals surface area contributed by atoms with Gasteiger partial charge in [0.25, 0.3) is 0 Å². The minimum Gasteiger partial charge on any atom is -0.338 e. The molecule has 8 heteroatoms. The van der Waals surface area contributed by atoms with E-state index < -0.39 is 15.8 Å². The zero-order valence-electron chi connectivity index (χ0n) is 14.4. The molecular weight excluding hydrogens is 357 g/mol. The largest absolute Gasteiger partial charge is 0.338 e. The number of nitrogens with zero attached hydrogens (tertiary/aromatic N) is 3. The van der Waals surface area contributed by atoms with Crippen LogP contribution in [0.15, 0.2) is 53.1 Å². The lowest BCUT2D eigenvalue weighted by molar-refractivity contribution is 0.311. The molecule has 136 valence electrons. The second-order valence-electron chi connectivity index (χ2n) is 6.00. The molecule has 0 aliphatic carbocycles. The van der Waals surface area contributed by atoms with Crippen LogP contribution in [0.4, 0.5) is 4.39 Å². The molecule has 0 N–H and O–H groups in total. The molecule has 0 amide bonds. The SMILES string of the molecule is Cc1ccc(-c2noc(CN(Cc3ccccc3F)S(C)(=O)=O)n2)cc1. The van der Waals surface area contributed by atoms with Crippen LogP contribution in [-0.4, -0.2) is 29.1 Å². The fourth-order valence-electron chi connectivity index (χ4n) is 2.40. The number of hydrogen-bond donors (Lipinski definition) is 0. The lowest BCUT2D eigenvalue weighted by atomic mass is 10.1. The molecule has 0 saturated carbocycles. The molecule has 0 spiro atoms. The maximum Gasteiger partial charge on any atom is 0.242 e. The molecule has 1 aromatic heterocycles. The fraction of sp³-hybridized carbons (Fsp3) is 0.222. The molecule has 0 bridgehead atoms. The van der Waals surface area contributed by atoms with E-state index in [4.69, 9.17) is 4.52 Å². The van der Waals surface area contributed by atoms with Crippen molar-refractivity contribution in [2.45, 2.75) is 20.0 Å². The predicted molar refractivity (Wildman–Crippen MR) is 95.0 cm³/mol. The zero-order chi connectivity index (χ0) is 18.7. The minimum absolute atomic E-state index is 0.117. The van der Waals surface area contributed by atoms with Gasteiger partial charge in [-0.25, -0.2) is 12.8 Å². The minimum atomic E-state index is -3.60. The summed E-state index contributed by atoms with van der Waals surface area (Å²) in [7, 11) is -3.60. The van der Waals surface area contributed by atoms with Gasteiger partial charge in [-0.1, -0.05) is 53.2 Å². The number of halogens is 1. The highest BCUT2D eigenvalue weighted by Crippen LogP contribution is 2.19. The van der Waals surface area contributed by atoms with Crippen molar-refractivity contribution < 1.29 is 17.3 Å². The lowest BCUT2D eigenvalue weighted by Crippen LogP contribution is -2.29. The van der Waals surface area contributed by atoms with Gasteiger partial charge >= 0.3 is 0 Å². The van der Waals surface area contributed by atoms with E-state index >= 15 is 0 Å². The summed E-state index contributed by atoms with van der Waals surface area (Å²) in [5.41, 5.74) is 2.15. The van der Waals surface area contributed by atoms with Gasteiger partial charge in [-0.15, -0.1) is 0 Å². The Kier molecular flexibility index (Phi) is 5.15. The Balaban J connectivity index is 1.82. The van der Waals surface area contributed by atoms with Gasteiger partial charge in [-0.2, -0.15) is 9.29 Å². The molecule has 0 atom stereocenters. The summed E-state index contributed by atoms with van der Waals surface area (Å²) < 4.78 is 44.3. The van der Waals surface area contributed by atoms with Crippen molar-refractivity contribution in [3.05, 3.63) is 71.4 Å². The van der Waals surface area contributed by atoms with E-state index in [2.05, 4.69) is 10.1 Å². The second kappa shape index (κ2) is 7.35. The van der Waals surface area contributed by atoms with Gasteiger partial charge in [-0.05, 0) is 13.0 Å². The van der Waals surface area contributed by atoms with E-state index in [9.17, 15) is 12.8 Å². The van der Waals surface area contributed by atoms with Crippen LogP contribution in [0.5, 0.6) is 0 Å². The third-order valence-corrected chi connectivity index (χ3v) is 5.06. The number of hydrogen-bond acceptors (Lipinski definition) is 5. The third-order valence-electron chi connectivity index (χ3n) is 3.86. The highest BCUT2D eigenvalue weighted by Gasteiger charge is 2.22. The molecule has 3 aromatic rings. The van der Waals surface area contributed by atoms with Crippen LogP contribution in [0.1, 0.15) is 17.0 Å². The summed E-state index contributed by atoms with van der Waals surface area (Å²) in [6.07, 6.45) is 1.06. The molecule has 0 aliphatic rings. The quantitative estimate of drug-likeness (QED) is 0.661. The summed E-state index contributed by atoms with van der Waals surface area (Å²) >= 11 is 0. The van der Waals surface area contributed by atoms with Crippen molar-refractivity contribution in [3.8, 4) is 11.4 Å². The Morgan fingerprint density at radius 1 is 1.08 bits per heavy atom. The molecule has 2 aromatic carbocycles. The van der Waals surface area contributed by atoms with E-state index in [0.29, 0.717) is 5.82 Å². The van der Waals surface area contributed by atoms with Crippen LogP contribution in [0, 0.1) is 12.7 Å². The van der Waals surface area contributed by atoms with E-state index in [0.717, 1.165) is 21.7 Å². The summed E-state index contributed by atoms with van der Waals surface area (Å²) in [6.45, 7) is 1.72. The number of aromatic nitrogens is 2. The third kappa shape index (κ3) is 4.33. The first kappa shape index (κ1) is 18.2. The molecule has 26 heavy (non-hydrogen) atoms. The number of rotatable bonds is 6. The van der Waals surface area contributed by atoms with Crippen molar-refractivity contribution in [1.82, 2.24) is 14.4 Å². The summed E-state index contributed by atoms with van der Waals surface area (Å²) in [5, 5.41) is 3.89. The van der Waals surface area contributed by atoms with Gasteiger partial charge in [0.05, 0.1) is 12.8 Å². The first-order valence-corrected chi connectivity index (χ1v) is 9.76. The number of sulfonamides is 1. The van der Waals surface area contributed by atoms with Gasteiger partial charge in [0.1, 0.15) is 5.82 Å². The predicted octanol–water partition coefficient (Wildman–Crippen LogP) is 3.15. The van der Waals surface area contributed by atoms with Crippen molar-refractivity contribution in [2.75, 3.05) is 6.26 Å². The topological polar surface area (TPSA) is 76.3 Å². The van der Waals surface area contributed by atoms with Gasteiger partial charge in [-0.3, -0.25) is 0 Å². The first-order valence-electron chi connectivity index (χ1n) is 7.91. The van der Waals surface area contributed by atoms with Gasteiger partial charge in [0.15, 0.2) is 0 Å². The first-order chi connectivity index (χ1) is 12.3. The standard InChI is InChI=1S/C18H18FN3O3S/c1-13-7-9-14(10-8-13)18-20-17(25-21-18)12-22(26(2,23)24)11-15-5-3-4-6-16(15)19/h3-10H,11-12H2,1-2H3. The smallest absolute Gasteiger partial charge is 0.242 e. The Bertz CT molecular complexity index is 1000. The highest BCUT2D eigenvalue weighted by atomic mass is 32.2. The van der Waals surface area contributed by atoms with Crippen molar-refractivity contribution in [1.29, 1.82) is 0 Å². The van der Waals surface area contributed by atoms with Crippen LogP contribution in [0.2, 0.25) is 0 Å². The maximum atomic E-state index is 13.9. The summed E-state index contributed by atoms with van der Waals surface area (Å²) in [4.78, 5) is 4.25. The molecule has 0 fully saturated rings. The molecule has 0 radical (unpaired) electrons. The molecule has 0 aliphatic heterocycles. The average Bonchev–Trinajstić information content (AvgIpc) is 3.04. The molecule has 1 heterocycles. The number of benzene rings is 2. The fourth-order valence-corrected chi connectivity index (χ4v) is 3.12.